The van der Waals surface area contributed by atoms with Crippen LogP contribution in [0.3, 0.4) is 0 Å². The Bertz CT molecular complexity index is 412. The summed E-state index contributed by atoms with van der Waals surface area (Å²) in [5.41, 5.74) is 1.90. The molecule has 86 valence electrons. The quantitative estimate of drug-likeness (QED) is 0.877. The van der Waals surface area contributed by atoms with Gasteiger partial charge in [0.25, 0.3) is 0 Å². The number of aryl methyl sites for hydroxylation is 1. The van der Waals surface area contributed by atoms with Gasteiger partial charge in [0.2, 0.25) is 0 Å². The van der Waals surface area contributed by atoms with E-state index < -0.39 is 0 Å². The molecule has 0 bridgehead atoms. The van der Waals surface area contributed by atoms with Crippen LogP contribution in [0.25, 0.3) is 0 Å². The van der Waals surface area contributed by atoms with Crippen LogP contribution in [-0.2, 0) is 0 Å². The molecule has 0 aliphatic carbocycles. The van der Waals surface area contributed by atoms with E-state index in [0.29, 0.717) is 11.4 Å². The molecule has 0 aliphatic rings. The first-order valence-electron chi connectivity index (χ1n) is 5.02. The molecule has 1 N–H and O–H groups in total. The Hall–Kier alpha value is -1.24. The molecule has 0 spiro atoms. The summed E-state index contributed by atoms with van der Waals surface area (Å²) in [4.78, 5) is 0. The Morgan fingerprint density at radius 2 is 2.25 bits per heavy atom. The number of methoxy groups -OCH3 is 1. The fourth-order valence-electron chi connectivity index (χ4n) is 1.75. The molecule has 0 aromatic heterocycles. The monoisotopic (exact) mass is 238 g/mol. The van der Waals surface area contributed by atoms with Crippen LogP contribution in [-0.4, -0.2) is 14.2 Å². The minimum atomic E-state index is -0.0580. The van der Waals surface area contributed by atoms with Gasteiger partial charge in [0.1, 0.15) is 5.75 Å². The number of nitriles is 1. The average molecular weight is 239 g/mol. The normalized spacial score (nSPS) is 11.9. The smallest absolute Gasteiger partial charge is 0.126 e. The summed E-state index contributed by atoms with van der Waals surface area (Å²) < 4.78 is 5.35. The van der Waals surface area contributed by atoms with Crippen molar-refractivity contribution in [2.75, 3.05) is 14.2 Å². The number of nitrogens with one attached hydrogen (secondary N) is 1. The highest BCUT2D eigenvalue weighted by Crippen LogP contribution is 2.33. The van der Waals surface area contributed by atoms with Crippen LogP contribution < -0.4 is 10.1 Å². The molecule has 1 atom stereocenters. The van der Waals surface area contributed by atoms with E-state index >= 15 is 0 Å². The zero-order valence-corrected chi connectivity index (χ0v) is 10.4. The van der Waals surface area contributed by atoms with Gasteiger partial charge in [0.15, 0.2) is 0 Å². The van der Waals surface area contributed by atoms with Gasteiger partial charge in [0.05, 0.1) is 19.6 Å². The van der Waals surface area contributed by atoms with E-state index in [2.05, 4.69) is 11.4 Å². The summed E-state index contributed by atoms with van der Waals surface area (Å²) in [6.07, 6.45) is 0.382. The van der Waals surface area contributed by atoms with Crippen molar-refractivity contribution in [2.45, 2.75) is 19.4 Å². The van der Waals surface area contributed by atoms with Crippen molar-refractivity contribution < 1.29 is 4.74 Å². The highest BCUT2D eigenvalue weighted by molar-refractivity contribution is 6.30. The molecule has 0 fully saturated rings. The van der Waals surface area contributed by atoms with E-state index in [1.807, 2.05) is 26.1 Å². The molecule has 16 heavy (non-hydrogen) atoms. The number of ether oxygens (including phenoxy) is 1. The summed E-state index contributed by atoms with van der Waals surface area (Å²) in [5.74, 6) is 0.791. The van der Waals surface area contributed by atoms with Crippen LogP contribution in [0.5, 0.6) is 5.75 Å². The van der Waals surface area contributed by atoms with Crippen molar-refractivity contribution >= 4 is 11.6 Å². The number of hydrogen-bond acceptors (Lipinski definition) is 3. The number of rotatable bonds is 4. The molecule has 0 saturated heterocycles. The molecule has 0 amide bonds. The third kappa shape index (κ3) is 2.66. The molecule has 1 unspecified atom stereocenters. The number of halogens is 1. The van der Waals surface area contributed by atoms with E-state index in [0.717, 1.165) is 16.9 Å². The SMILES string of the molecule is CNC(CC#N)c1cc(Cl)cc(C)c1OC. The lowest BCUT2D eigenvalue weighted by Crippen LogP contribution is -2.17. The largest absolute Gasteiger partial charge is 0.496 e. The van der Waals surface area contributed by atoms with Crippen LogP contribution in [0.4, 0.5) is 0 Å². The van der Waals surface area contributed by atoms with Crippen molar-refractivity contribution in [3.63, 3.8) is 0 Å². The molecule has 4 heteroatoms. The van der Waals surface area contributed by atoms with Gasteiger partial charge in [-0.05, 0) is 31.7 Å². The fraction of sp³-hybridized carbons (Fsp3) is 0.417. The van der Waals surface area contributed by atoms with E-state index in [-0.39, 0.29) is 6.04 Å². The first-order valence-corrected chi connectivity index (χ1v) is 5.40. The predicted molar refractivity (Wildman–Crippen MR) is 64.8 cm³/mol. The lowest BCUT2D eigenvalue weighted by atomic mass is 10.0. The third-order valence-electron chi connectivity index (χ3n) is 2.49. The Morgan fingerprint density at radius 3 is 2.75 bits per heavy atom. The highest BCUT2D eigenvalue weighted by Gasteiger charge is 2.16. The molecule has 1 rings (SSSR count). The van der Waals surface area contributed by atoms with Crippen LogP contribution in [0, 0.1) is 18.3 Å². The molecule has 0 heterocycles. The van der Waals surface area contributed by atoms with Gasteiger partial charge in [-0.25, -0.2) is 0 Å². The highest BCUT2D eigenvalue weighted by atomic mass is 35.5. The van der Waals surface area contributed by atoms with Gasteiger partial charge in [-0.3, -0.25) is 0 Å². The lowest BCUT2D eigenvalue weighted by Gasteiger charge is -2.18. The molecule has 0 radical (unpaired) electrons. The van der Waals surface area contributed by atoms with Gasteiger partial charge in [-0.15, -0.1) is 0 Å². The summed E-state index contributed by atoms with van der Waals surface area (Å²) in [6, 6.07) is 5.78. The summed E-state index contributed by atoms with van der Waals surface area (Å²) in [7, 11) is 3.44. The molecule has 3 nitrogen and oxygen atoms in total. The Kier molecular flexibility index (Phi) is 4.60. The van der Waals surface area contributed by atoms with Crippen LogP contribution in [0.2, 0.25) is 5.02 Å². The third-order valence-corrected chi connectivity index (χ3v) is 2.71. The zero-order valence-electron chi connectivity index (χ0n) is 9.67. The summed E-state index contributed by atoms with van der Waals surface area (Å²) in [5, 5.41) is 12.5. The molecule has 1 aromatic carbocycles. The first-order chi connectivity index (χ1) is 7.63. The first kappa shape index (κ1) is 12.8. The maximum Gasteiger partial charge on any atom is 0.126 e. The Balaban J connectivity index is 3.24. The molecule has 1 aromatic rings. The minimum Gasteiger partial charge on any atom is -0.496 e. The summed E-state index contributed by atoms with van der Waals surface area (Å²) in [6.45, 7) is 1.94. The van der Waals surface area contributed by atoms with Gasteiger partial charge >= 0.3 is 0 Å². The number of benzene rings is 1. The molecular formula is C12H15ClN2O. The van der Waals surface area contributed by atoms with Gasteiger partial charge in [-0.2, -0.15) is 5.26 Å². The maximum absolute atomic E-state index is 8.77. The second kappa shape index (κ2) is 5.74. The van der Waals surface area contributed by atoms with Crippen molar-refractivity contribution in [3.8, 4) is 11.8 Å². The standard InChI is InChI=1S/C12H15ClN2O/c1-8-6-9(13)7-10(12(8)16-3)11(15-2)4-5-14/h6-7,11,15H,4H2,1-3H3. The fourth-order valence-corrected chi connectivity index (χ4v) is 2.03. The van der Waals surface area contributed by atoms with Crippen molar-refractivity contribution in [3.05, 3.63) is 28.3 Å². The van der Waals surface area contributed by atoms with Crippen LogP contribution in [0.15, 0.2) is 12.1 Å². The van der Waals surface area contributed by atoms with E-state index in [4.69, 9.17) is 21.6 Å². The Labute approximate surface area is 101 Å². The van der Waals surface area contributed by atoms with Crippen LogP contribution >= 0.6 is 11.6 Å². The number of hydrogen-bond donors (Lipinski definition) is 1. The molecular weight excluding hydrogens is 224 g/mol. The van der Waals surface area contributed by atoms with Crippen LogP contribution in [0.1, 0.15) is 23.6 Å². The zero-order chi connectivity index (χ0) is 12.1. The maximum atomic E-state index is 8.77. The second-order valence-corrected chi connectivity index (χ2v) is 3.99. The topological polar surface area (TPSA) is 45.0 Å². The lowest BCUT2D eigenvalue weighted by molar-refractivity contribution is 0.399. The van der Waals surface area contributed by atoms with Gasteiger partial charge in [-0.1, -0.05) is 11.6 Å². The van der Waals surface area contributed by atoms with E-state index in [9.17, 15) is 0 Å². The van der Waals surface area contributed by atoms with Gasteiger partial charge < -0.3 is 10.1 Å². The average Bonchev–Trinajstić information content (AvgIpc) is 2.25. The van der Waals surface area contributed by atoms with Crippen molar-refractivity contribution in [1.29, 1.82) is 5.26 Å². The summed E-state index contributed by atoms with van der Waals surface area (Å²) >= 11 is 6.01. The second-order valence-electron chi connectivity index (χ2n) is 3.55. The van der Waals surface area contributed by atoms with E-state index in [1.54, 1.807) is 7.11 Å². The molecule has 0 aliphatic heterocycles. The van der Waals surface area contributed by atoms with E-state index in [1.165, 1.54) is 0 Å². The minimum absolute atomic E-state index is 0.0580. The van der Waals surface area contributed by atoms with Crippen molar-refractivity contribution in [1.82, 2.24) is 5.32 Å². The van der Waals surface area contributed by atoms with Crippen molar-refractivity contribution in [2.24, 2.45) is 0 Å². The predicted octanol–water partition coefficient (Wildman–Crippen LogP) is 2.83. The number of nitrogens with zero attached hydrogens (tertiary/aromatic N) is 1. The van der Waals surface area contributed by atoms with Gasteiger partial charge in [0, 0.05) is 16.6 Å². The Morgan fingerprint density at radius 1 is 1.56 bits per heavy atom. The molecule has 0 saturated carbocycles.